The highest BCUT2D eigenvalue weighted by Gasteiger charge is 2.30. The van der Waals surface area contributed by atoms with Gasteiger partial charge in [0.05, 0.1) is 11.6 Å². The summed E-state index contributed by atoms with van der Waals surface area (Å²) in [6.07, 6.45) is 2.45. The van der Waals surface area contributed by atoms with Gasteiger partial charge in [0, 0.05) is 25.0 Å². The summed E-state index contributed by atoms with van der Waals surface area (Å²) in [6.45, 7) is 6.15. The Morgan fingerprint density at radius 2 is 1.94 bits per heavy atom. The summed E-state index contributed by atoms with van der Waals surface area (Å²) >= 11 is 0. The zero-order valence-electron chi connectivity index (χ0n) is 20.5. The number of benzene rings is 1. The van der Waals surface area contributed by atoms with Gasteiger partial charge in [0.1, 0.15) is 17.2 Å². The van der Waals surface area contributed by atoms with Gasteiger partial charge in [-0.15, -0.1) is 0 Å². The number of hydrogen-bond donors (Lipinski definition) is 2. The van der Waals surface area contributed by atoms with E-state index in [-0.39, 0.29) is 34.4 Å². The molecule has 1 saturated heterocycles. The van der Waals surface area contributed by atoms with Crippen LogP contribution in [-0.2, 0) is 18.3 Å². The molecule has 8 nitrogen and oxygen atoms in total. The van der Waals surface area contributed by atoms with Gasteiger partial charge in [0.15, 0.2) is 11.4 Å². The van der Waals surface area contributed by atoms with Crippen LogP contribution in [-0.4, -0.2) is 39.6 Å². The van der Waals surface area contributed by atoms with E-state index in [1.54, 1.807) is 23.7 Å². The number of nitrogens with one attached hydrogen (secondary N) is 2. The number of carbonyl (C=O) groups excluding carboxylic acids is 2. The van der Waals surface area contributed by atoms with Crippen molar-refractivity contribution in [2.24, 2.45) is 7.05 Å². The lowest BCUT2D eigenvalue weighted by Crippen LogP contribution is -2.46. The molecule has 4 rings (SSSR count). The van der Waals surface area contributed by atoms with E-state index in [2.05, 4.69) is 10.6 Å². The minimum absolute atomic E-state index is 0.174. The Balaban J connectivity index is 1.91. The zero-order valence-corrected chi connectivity index (χ0v) is 20.5. The first-order chi connectivity index (χ1) is 16.7. The van der Waals surface area contributed by atoms with E-state index in [9.17, 15) is 18.8 Å². The van der Waals surface area contributed by atoms with Crippen LogP contribution in [0.1, 0.15) is 56.2 Å². The minimum atomic E-state index is -0.656. The van der Waals surface area contributed by atoms with Gasteiger partial charge in [0.25, 0.3) is 11.5 Å². The predicted molar refractivity (Wildman–Crippen MR) is 132 cm³/mol. The van der Waals surface area contributed by atoms with Crippen molar-refractivity contribution in [1.82, 2.24) is 19.8 Å². The van der Waals surface area contributed by atoms with Crippen molar-refractivity contribution >= 4 is 22.7 Å². The second-order valence-corrected chi connectivity index (χ2v) is 9.08. The van der Waals surface area contributed by atoms with Gasteiger partial charge in [-0.2, -0.15) is 0 Å². The van der Waals surface area contributed by atoms with Crippen molar-refractivity contribution < 1.29 is 18.7 Å². The summed E-state index contributed by atoms with van der Waals surface area (Å²) < 4.78 is 22.8. The molecule has 1 unspecified atom stereocenters. The summed E-state index contributed by atoms with van der Waals surface area (Å²) in [6, 6.07) is 6.90. The van der Waals surface area contributed by atoms with Crippen molar-refractivity contribution in [3.8, 4) is 11.4 Å². The average Bonchev–Trinajstić information content (AvgIpc) is 2.93. The second kappa shape index (κ2) is 9.93. The van der Waals surface area contributed by atoms with Crippen LogP contribution in [0.2, 0.25) is 0 Å². The maximum absolute atomic E-state index is 13.9. The molecule has 1 aliphatic rings. The molecular weight excluding hydrogens is 451 g/mol. The number of nitrogens with zero attached hydrogens (tertiary/aromatic N) is 2. The fourth-order valence-corrected chi connectivity index (χ4v) is 4.56. The summed E-state index contributed by atoms with van der Waals surface area (Å²) in [7, 11) is 1.71. The fraction of sp³-hybridized carbons (Fsp3) is 0.423. The highest BCUT2D eigenvalue weighted by atomic mass is 19.1. The molecule has 186 valence electrons. The summed E-state index contributed by atoms with van der Waals surface area (Å²) in [5.74, 6) is -0.918. The smallest absolute Gasteiger partial charge is 0.272 e. The lowest BCUT2D eigenvalue weighted by Gasteiger charge is -2.17. The van der Waals surface area contributed by atoms with E-state index in [4.69, 9.17) is 4.74 Å². The Bertz CT molecular complexity index is 1320. The van der Waals surface area contributed by atoms with E-state index >= 15 is 0 Å². The molecule has 0 bridgehead atoms. The van der Waals surface area contributed by atoms with Gasteiger partial charge in [-0.3, -0.25) is 19.0 Å². The molecule has 0 saturated carbocycles. The predicted octanol–water partition coefficient (Wildman–Crippen LogP) is 3.22. The Morgan fingerprint density at radius 3 is 2.60 bits per heavy atom. The van der Waals surface area contributed by atoms with Gasteiger partial charge in [-0.25, -0.2) is 4.39 Å². The molecule has 35 heavy (non-hydrogen) atoms. The first kappa shape index (κ1) is 24.5. The fourth-order valence-electron chi connectivity index (χ4n) is 4.56. The van der Waals surface area contributed by atoms with E-state index in [1.165, 1.54) is 16.7 Å². The third kappa shape index (κ3) is 4.67. The quantitative estimate of drug-likeness (QED) is 0.564. The number of rotatable bonds is 6. The standard InChI is InChI=1S/C26H31FN4O4/c1-5-17-14-20-21(26(34)31(17)18-11-9-16(27)10-12-18)23(35-15(2)3)22(30(20)4)25(33)29-19-8-6-7-13-28-24(19)32/h9-12,14-15,19H,5-8,13H2,1-4H3,(H,28,32)(H,29,33). The van der Waals surface area contributed by atoms with Crippen LogP contribution >= 0.6 is 0 Å². The van der Waals surface area contributed by atoms with Crippen molar-refractivity contribution in [3.63, 3.8) is 0 Å². The molecule has 0 aliphatic carbocycles. The number of amides is 2. The number of halogens is 1. The number of pyridine rings is 1. The van der Waals surface area contributed by atoms with Gasteiger partial charge < -0.3 is 19.9 Å². The van der Waals surface area contributed by atoms with Gasteiger partial charge in [0.2, 0.25) is 5.91 Å². The largest absolute Gasteiger partial charge is 0.488 e. The molecule has 0 radical (unpaired) electrons. The third-order valence-electron chi connectivity index (χ3n) is 6.26. The van der Waals surface area contributed by atoms with Gasteiger partial charge in [-0.05, 0) is 69.9 Å². The summed E-state index contributed by atoms with van der Waals surface area (Å²) in [4.78, 5) is 39.8. The summed E-state index contributed by atoms with van der Waals surface area (Å²) in [5.41, 5.74) is 1.61. The number of aromatic nitrogens is 2. The zero-order chi connectivity index (χ0) is 25.3. The van der Waals surface area contributed by atoms with Crippen LogP contribution in [0.25, 0.3) is 16.6 Å². The van der Waals surface area contributed by atoms with Crippen molar-refractivity contribution in [1.29, 1.82) is 0 Å². The lowest BCUT2D eigenvalue weighted by atomic mass is 10.1. The Morgan fingerprint density at radius 1 is 1.23 bits per heavy atom. The lowest BCUT2D eigenvalue weighted by molar-refractivity contribution is -0.122. The number of hydrogen-bond acceptors (Lipinski definition) is 4. The Hall–Kier alpha value is -3.62. The molecular formula is C26H31FN4O4. The molecule has 1 fully saturated rings. The van der Waals surface area contributed by atoms with Crippen molar-refractivity contribution in [2.75, 3.05) is 6.54 Å². The van der Waals surface area contributed by atoms with E-state index in [1.807, 2.05) is 26.8 Å². The molecule has 3 aromatic rings. The van der Waals surface area contributed by atoms with E-state index in [0.717, 1.165) is 12.8 Å². The highest BCUT2D eigenvalue weighted by Crippen LogP contribution is 2.33. The molecule has 3 heterocycles. The topological polar surface area (TPSA) is 94.4 Å². The van der Waals surface area contributed by atoms with Crippen LogP contribution in [0, 0.1) is 5.82 Å². The van der Waals surface area contributed by atoms with Gasteiger partial charge in [-0.1, -0.05) is 6.92 Å². The molecule has 9 heteroatoms. The Kier molecular flexibility index (Phi) is 6.95. The first-order valence-electron chi connectivity index (χ1n) is 12.0. The van der Waals surface area contributed by atoms with Gasteiger partial charge >= 0.3 is 0 Å². The third-order valence-corrected chi connectivity index (χ3v) is 6.26. The highest BCUT2D eigenvalue weighted by molar-refractivity contribution is 6.05. The monoisotopic (exact) mass is 482 g/mol. The van der Waals surface area contributed by atoms with E-state index in [0.29, 0.717) is 36.3 Å². The van der Waals surface area contributed by atoms with Crippen LogP contribution < -0.4 is 20.9 Å². The minimum Gasteiger partial charge on any atom is -0.488 e. The Labute approximate surface area is 203 Å². The van der Waals surface area contributed by atoms with Crippen LogP contribution in [0.15, 0.2) is 35.1 Å². The molecule has 1 aliphatic heterocycles. The molecule has 1 atom stereocenters. The maximum atomic E-state index is 13.9. The maximum Gasteiger partial charge on any atom is 0.272 e. The van der Waals surface area contributed by atoms with Crippen LogP contribution in [0.3, 0.4) is 0 Å². The van der Waals surface area contributed by atoms with Crippen LogP contribution in [0.4, 0.5) is 4.39 Å². The average molecular weight is 483 g/mol. The molecule has 2 amide bonds. The normalized spacial score (nSPS) is 16.3. The van der Waals surface area contributed by atoms with Crippen LogP contribution in [0.5, 0.6) is 5.75 Å². The molecule has 2 aromatic heterocycles. The first-order valence-corrected chi connectivity index (χ1v) is 12.0. The SMILES string of the molecule is CCc1cc2c(c(OC(C)C)c(C(=O)NC3CCCCNC3=O)n2C)c(=O)n1-c1ccc(F)cc1. The summed E-state index contributed by atoms with van der Waals surface area (Å²) in [5, 5.41) is 5.92. The second-order valence-electron chi connectivity index (χ2n) is 9.08. The molecule has 0 spiro atoms. The number of ether oxygens (including phenoxy) is 1. The number of fused-ring (bicyclic) bond motifs is 1. The number of carbonyl (C=O) groups is 2. The van der Waals surface area contributed by atoms with Crippen molar-refractivity contribution in [2.45, 2.75) is 58.6 Å². The number of aryl methyl sites for hydroxylation is 2. The molecule has 1 aromatic carbocycles. The molecule has 2 N–H and O–H groups in total. The van der Waals surface area contributed by atoms with Crippen molar-refractivity contribution in [3.05, 3.63) is 57.9 Å². The van der Waals surface area contributed by atoms with E-state index < -0.39 is 17.8 Å².